The van der Waals surface area contributed by atoms with Crippen molar-refractivity contribution in [1.29, 1.82) is 0 Å². The minimum atomic E-state index is -3.56. The number of para-hydroxylation sites is 1. The first-order valence-electron chi connectivity index (χ1n) is 8.74. The topological polar surface area (TPSA) is 75.7 Å². The fourth-order valence-electron chi connectivity index (χ4n) is 2.76. The number of amides is 1. The highest BCUT2D eigenvalue weighted by Gasteiger charge is 2.21. The summed E-state index contributed by atoms with van der Waals surface area (Å²) in [4.78, 5) is 12.3. The Bertz CT molecular complexity index is 881. The number of carbonyl (C=O) groups excluding carboxylic acids is 1. The molecule has 0 radical (unpaired) electrons. The van der Waals surface area contributed by atoms with Crippen molar-refractivity contribution >= 4 is 21.6 Å². The van der Waals surface area contributed by atoms with E-state index in [2.05, 4.69) is 5.32 Å². The van der Waals surface area contributed by atoms with Crippen molar-refractivity contribution in [1.82, 2.24) is 5.32 Å². The second-order valence-corrected chi connectivity index (χ2v) is 8.27. The molecule has 6 nitrogen and oxygen atoms in total. The molecule has 27 heavy (non-hydrogen) atoms. The molecule has 0 saturated carbocycles. The van der Waals surface area contributed by atoms with Crippen LogP contribution in [0.2, 0.25) is 0 Å². The van der Waals surface area contributed by atoms with Gasteiger partial charge in [0, 0.05) is 6.54 Å². The minimum Gasteiger partial charge on any atom is -0.497 e. The number of benzene rings is 2. The fourth-order valence-corrected chi connectivity index (χ4v) is 3.67. The van der Waals surface area contributed by atoms with Gasteiger partial charge in [0.1, 0.15) is 12.3 Å². The number of aryl methyl sites for hydroxylation is 2. The van der Waals surface area contributed by atoms with Gasteiger partial charge in [0.05, 0.1) is 19.1 Å². The van der Waals surface area contributed by atoms with Gasteiger partial charge < -0.3 is 10.1 Å². The zero-order valence-electron chi connectivity index (χ0n) is 15.9. The number of sulfonamides is 1. The van der Waals surface area contributed by atoms with Gasteiger partial charge >= 0.3 is 0 Å². The molecule has 0 spiro atoms. The molecule has 1 N–H and O–H groups in total. The molecule has 0 saturated heterocycles. The highest BCUT2D eigenvalue weighted by molar-refractivity contribution is 7.92. The van der Waals surface area contributed by atoms with E-state index in [-0.39, 0.29) is 12.5 Å². The zero-order chi connectivity index (χ0) is 19.9. The molecule has 0 aliphatic rings. The SMILES string of the molecule is COc1cccc(CCCNC(=O)CN(c2ccccc2C)S(C)(=O)=O)c1. The van der Waals surface area contributed by atoms with Crippen LogP contribution in [0.1, 0.15) is 17.5 Å². The second kappa shape index (κ2) is 9.41. The number of carbonyl (C=O) groups is 1. The van der Waals surface area contributed by atoms with Crippen molar-refractivity contribution in [3.05, 3.63) is 59.7 Å². The van der Waals surface area contributed by atoms with Crippen LogP contribution in [0.25, 0.3) is 0 Å². The van der Waals surface area contributed by atoms with Gasteiger partial charge in [0.2, 0.25) is 15.9 Å². The van der Waals surface area contributed by atoms with Crippen molar-refractivity contribution < 1.29 is 17.9 Å². The van der Waals surface area contributed by atoms with Gasteiger partial charge in [-0.15, -0.1) is 0 Å². The lowest BCUT2D eigenvalue weighted by molar-refractivity contribution is -0.119. The number of anilines is 1. The zero-order valence-corrected chi connectivity index (χ0v) is 16.8. The Labute approximate surface area is 161 Å². The number of methoxy groups -OCH3 is 1. The summed E-state index contributed by atoms with van der Waals surface area (Å²) in [6.45, 7) is 2.06. The second-order valence-electron chi connectivity index (χ2n) is 6.36. The van der Waals surface area contributed by atoms with E-state index in [9.17, 15) is 13.2 Å². The van der Waals surface area contributed by atoms with Crippen molar-refractivity contribution in [2.75, 3.05) is 30.8 Å². The molecule has 146 valence electrons. The standard InChI is InChI=1S/C20H26N2O4S/c1-16-8-4-5-12-19(16)22(27(3,24)25)15-20(23)21-13-7-10-17-9-6-11-18(14-17)26-2/h4-6,8-9,11-12,14H,7,10,13,15H2,1-3H3,(H,21,23). The summed E-state index contributed by atoms with van der Waals surface area (Å²) in [7, 11) is -1.93. The van der Waals surface area contributed by atoms with Gasteiger partial charge in [-0.1, -0.05) is 30.3 Å². The maximum Gasteiger partial charge on any atom is 0.240 e. The van der Waals surface area contributed by atoms with Crippen LogP contribution in [0.3, 0.4) is 0 Å². The molecule has 0 aliphatic heterocycles. The lowest BCUT2D eigenvalue weighted by atomic mass is 10.1. The van der Waals surface area contributed by atoms with Crippen LogP contribution in [0.5, 0.6) is 5.75 Å². The molecule has 0 atom stereocenters. The van der Waals surface area contributed by atoms with Crippen molar-refractivity contribution in [2.45, 2.75) is 19.8 Å². The van der Waals surface area contributed by atoms with Gasteiger partial charge in [-0.25, -0.2) is 8.42 Å². The van der Waals surface area contributed by atoms with Crippen molar-refractivity contribution in [3.8, 4) is 5.75 Å². The summed E-state index contributed by atoms with van der Waals surface area (Å²) in [6, 6.07) is 14.9. The molecular weight excluding hydrogens is 364 g/mol. The monoisotopic (exact) mass is 390 g/mol. The smallest absolute Gasteiger partial charge is 0.240 e. The van der Waals surface area contributed by atoms with Gasteiger partial charge in [0.25, 0.3) is 0 Å². The van der Waals surface area contributed by atoms with Crippen molar-refractivity contribution in [3.63, 3.8) is 0 Å². The summed E-state index contributed by atoms with van der Waals surface area (Å²) >= 11 is 0. The Morgan fingerprint density at radius 3 is 2.56 bits per heavy atom. The first-order valence-corrected chi connectivity index (χ1v) is 10.6. The summed E-state index contributed by atoms with van der Waals surface area (Å²) < 4.78 is 30.6. The molecule has 2 aromatic rings. The molecule has 2 rings (SSSR count). The lowest BCUT2D eigenvalue weighted by Gasteiger charge is -2.23. The van der Waals surface area contributed by atoms with Crippen molar-refractivity contribution in [2.24, 2.45) is 0 Å². The maximum atomic E-state index is 12.3. The van der Waals surface area contributed by atoms with E-state index in [1.54, 1.807) is 19.2 Å². The summed E-state index contributed by atoms with van der Waals surface area (Å²) in [5.41, 5.74) is 2.45. The number of nitrogens with one attached hydrogen (secondary N) is 1. The molecule has 7 heteroatoms. The average Bonchev–Trinajstić information content (AvgIpc) is 2.63. The quantitative estimate of drug-likeness (QED) is 0.668. The molecule has 2 aromatic carbocycles. The Kier molecular flexibility index (Phi) is 7.24. The maximum absolute atomic E-state index is 12.3. The third-order valence-corrected chi connectivity index (χ3v) is 5.30. The van der Waals surface area contributed by atoms with E-state index in [1.807, 2.05) is 43.3 Å². The molecule has 0 aliphatic carbocycles. The number of ether oxygens (including phenoxy) is 1. The molecule has 0 heterocycles. The first kappa shape index (κ1) is 20.8. The van der Waals surface area contributed by atoms with Crippen LogP contribution in [0, 0.1) is 6.92 Å². The molecule has 0 fully saturated rings. The predicted octanol–water partition coefficient (Wildman–Crippen LogP) is 2.52. The van der Waals surface area contributed by atoms with Crippen LogP contribution in [-0.2, 0) is 21.2 Å². The fraction of sp³-hybridized carbons (Fsp3) is 0.350. The average molecular weight is 391 g/mol. The number of rotatable bonds is 9. The van der Waals surface area contributed by atoms with Gasteiger partial charge in [-0.05, 0) is 49.1 Å². The van der Waals surface area contributed by atoms with Gasteiger partial charge in [-0.3, -0.25) is 9.10 Å². The summed E-state index contributed by atoms with van der Waals surface area (Å²) in [5, 5.41) is 2.80. The van der Waals surface area contributed by atoms with E-state index in [1.165, 1.54) is 0 Å². The minimum absolute atomic E-state index is 0.233. The molecule has 0 aromatic heterocycles. The lowest BCUT2D eigenvalue weighted by Crippen LogP contribution is -2.41. The Balaban J connectivity index is 1.90. The Hall–Kier alpha value is -2.54. The summed E-state index contributed by atoms with van der Waals surface area (Å²) in [5.74, 6) is 0.480. The highest BCUT2D eigenvalue weighted by atomic mass is 32.2. The van der Waals surface area contributed by atoms with Gasteiger partial charge in [-0.2, -0.15) is 0 Å². The first-order chi connectivity index (χ1) is 12.8. The third-order valence-electron chi connectivity index (χ3n) is 4.17. The van der Waals surface area contributed by atoms with Crippen LogP contribution in [-0.4, -0.2) is 40.8 Å². The van der Waals surface area contributed by atoms with E-state index < -0.39 is 10.0 Å². The molecule has 0 unspecified atom stereocenters. The predicted molar refractivity (Wildman–Crippen MR) is 108 cm³/mol. The molecular formula is C20H26N2O4S. The van der Waals surface area contributed by atoms with E-state index in [0.29, 0.717) is 12.2 Å². The largest absolute Gasteiger partial charge is 0.497 e. The van der Waals surface area contributed by atoms with E-state index >= 15 is 0 Å². The van der Waals surface area contributed by atoms with Crippen LogP contribution in [0.4, 0.5) is 5.69 Å². The molecule has 1 amide bonds. The summed E-state index contributed by atoms with van der Waals surface area (Å²) in [6.07, 6.45) is 2.66. The number of nitrogens with zero attached hydrogens (tertiary/aromatic N) is 1. The number of hydrogen-bond acceptors (Lipinski definition) is 4. The van der Waals surface area contributed by atoms with Crippen LogP contribution < -0.4 is 14.4 Å². The Morgan fingerprint density at radius 1 is 1.15 bits per heavy atom. The van der Waals surface area contributed by atoms with E-state index in [0.717, 1.165) is 40.3 Å². The number of hydrogen-bond donors (Lipinski definition) is 1. The van der Waals surface area contributed by atoms with Crippen LogP contribution >= 0.6 is 0 Å². The normalized spacial score (nSPS) is 11.1. The van der Waals surface area contributed by atoms with Gasteiger partial charge in [0.15, 0.2) is 0 Å². The Morgan fingerprint density at radius 2 is 1.89 bits per heavy atom. The molecule has 0 bridgehead atoms. The third kappa shape index (κ3) is 6.29. The van der Waals surface area contributed by atoms with Crippen LogP contribution in [0.15, 0.2) is 48.5 Å². The van der Waals surface area contributed by atoms with E-state index in [4.69, 9.17) is 4.74 Å². The highest BCUT2D eigenvalue weighted by Crippen LogP contribution is 2.21.